The van der Waals surface area contributed by atoms with Gasteiger partial charge in [-0.25, -0.2) is 0 Å². The fraction of sp³-hybridized carbons (Fsp3) is 0.818. The van der Waals surface area contributed by atoms with Gasteiger partial charge >= 0.3 is 5.97 Å². The van der Waals surface area contributed by atoms with Crippen LogP contribution in [-0.2, 0) is 9.59 Å². The van der Waals surface area contributed by atoms with E-state index >= 15 is 0 Å². The Labute approximate surface area is 106 Å². The van der Waals surface area contributed by atoms with Crippen LogP contribution in [0.1, 0.15) is 20.3 Å². The highest BCUT2D eigenvalue weighted by Gasteiger charge is 2.31. The summed E-state index contributed by atoms with van der Waals surface area (Å²) in [6.45, 7) is 5.11. The lowest BCUT2D eigenvalue weighted by molar-refractivity contribution is -0.139. The molecule has 1 amide bonds. The van der Waals surface area contributed by atoms with Gasteiger partial charge in [-0.2, -0.15) is 11.8 Å². The van der Waals surface area contributed by atoms with Gasteiger partial charge in [0.1, 0.15) is 0 Å². The van der Waals surface area contributed by atoms with E-state index in [1.807, 2.05) is 18.7 Å². The lowest BCUT2D eigenvalue weighted by atomic mass is 10.1. The SMILES string of the molecule is CCNC(=O)C(C)N1CCSCC1CC(=O)O. The standard InChI is InChI=1S/C11H20N2O3S/c1-3-12-11(16)8(2)13-4-5-17-7-9(13)6-10(14)15/h8-9H,3-7H2,1-2H3,(H,12,16)(H,14,15). The van der Waals surface area contributed by atoms with Crippen molar-refractivity contribution in [2.75, 3.05) is 24.6 Å². The van der Waals surface area contributed by atoms with Gasteiger partial charge in [-0.05, 0) is 13.8 Å². The lowest BCUT2D eigenvalue weighted by Gasteiger charge is -2.38. The molecule has 1 saturated heterocycles. The number of hydrogen-bond donors (Lipinski definition) is 2. The number of carboxylic acid groups (broad SMARTS) is 1. The Hall–Kier alpha value is -0.750. The minimum absolute atomic E-state index is 0.0187. The van der Waals surface area contributed by atoms with Gasteiger partial charge in [0, 0.05) is 30.6 Å². The number of nitrogens with zero attached hydrogens (tertiary/aromatic N) is 1. The smallest absolute Gasteiger partial charge is 0.304 e. The predicted octanol–water partition coefficient (Wildman–Crippen LogP) is 0.403. The zero-order chi connectivity index (χ0) is 12.8. The minimum Gasteiger partial charge on any atom is -0.481 e. The maximum Gasteiger partial charge on any atom is 0.304 e. The van der Waals surface area contributed by atoms with Crippen LogP contribution >= 0.6 is 11.8 Å². The molecular formula is C11H20N2O3S. The van der Waals surface area contributed by atoms with E-state index in [0.717, 1.165) is 18.1 Å². The normalized spacial score (nSPS) is 23.1. The van der Waals surface area contributed by atoms with E-state index in [9.17, 15) is 9.59 Å². The van der Waals surface area contributed by atoms with Crippen molar-refractivity contribution >= 4 is 23.6 Å². The van der Waals surface area contributed by atoms with Crippen molar-refractivity contribution in [2.45, 2.75) is 32.4 Å². The summed E-state index contributed by atoms with van der Waals surface area (Å²) in [4.78, 5) is 24.6. The lowest BCUT2D eigenvalue weighted by Crippen LogP contribution is -2.53. The number of likely N-dealkylation sites (N-methyl/N-ethyl adjacent to an activating group) is 1. The molecule has 0 aliphatic carbocycles. The third kappa shape index (κ3) is 4.20. The zero-order valence-electron chi connectivity index (χ0n) is 10.3. The number of carboxylic acids is 1. The second kappa shape index (κ2) is 6.86. The van der Waals surface area contributed by atoms with Crippen molar-refractivity contribution in [1.29, 1.82) is 0 Å². The largest absolute Gasteiger partial charge is 0.481 e. The second-order valence-corrected chi connectivity index (χ2v) is 5.28. The molecule has 0 aromatic heterocycles. The molecule has 5 nitrogen and oxygen atoms in total. The third-order valence-electron chi connectivity index (χ3n) is 2.91. The van der Waals surface area contributed by atoms with E-state index < -0.39 is 5.97 Å². The molecule has 1 rings (SSSR count). The molecule has 0 saturated carbocycles. The number of carbonyl (C=O) groups excluding carboxylic acids is 1. The summed E-state index contributed by atoms with van der Waals surface area (Å²) in [6, 6.07) is -0.288. The summed E-state index contributed by atoms with van der Waals surface area (Å²) in [6.07, 6.45) is 0.108. The molecule has 2 atom stereocenters. The first-order valence-electron chi connectivity index (χ1n) is 5.89. The van der Waals surface area contributed by atoms with E-state index in [-0.39, 0.29) is 24.4 Å². The molecule has 1 aliphatic rings. The molecule has 17 heavy (non-hydrogen) atoms. The number of carbonyl (C=O) groups is 2. The summed E-state index contributed by atoms with van der Waals surface area (Å²) >= 11 is 1.75. The molecule has 0 aromatic carbocycles. The van der Waals surface area contributed by atoms with Crippen LogP contribution in [0, 0.1) is 0 Å². The molecule has 0 bridgehead atoms. The van der Waals surface area contributed by atoms with Gasteiger partial charge in [0.15, 0.2) is 0 Å². The molecule has 98 valence electrons. The van der Waals surface area contributed by atoms with Crippen molar-refractivity contribution in [3.05, 3.63) is 0 Å². The Morgan fingerprint density at radius 2 is 2.29 bits per heavy atom. The number of thioether (sulfide) groups is 1. The van der Waals surface area contributed by atoms with E-state index in [4.69, 9.17) is 5.11 Å². The van der Waals surface area contributed by atoms with Gasteiger partial charge in [-0.3, -0.25) is 14.5 Å². The quantitative estimate of drug-likeness (QED) is 0.749. The van der Waals surface area contributed by atoms with Gasteiger partial charge < -0.3 is 10.4 Å². The fourth-order valence-electron chi connectivity index (χ4n) is 2.03. The highest BCUT2D eigenvalue weighted by atomic mass is 32.2. The Morgan fingerprint density at radius 3 is 2.88 bits per heavy atom. The Kier molecular flexibility index (Phi) is 5.77. The van der Waals surface area contributed by atoms with Gasteiger partial charge in [0.05, 0.1) is 12.5 Å². The number of amides is 1. The molecule has 1 heterocycles. The second-order valence-electron chi connectivity index (χ2n) is 4.13. The van der Waals surface area contributed by atoms with Crippen LogP contribution in [-0.4, -0.2) is 58.6 Å². The monoisotopic (exact) mass is 260 g/mol. The van der Waals surface area contributed by atoms with Crippen LogP contribution in [0.3, 0.4) is 0 Å². The van der Waals surface area contributed by atoms with Crippen molar-refractivity contribution < 1.29 is 14.7 Å². The van der Waals surface area contributed by atoms with E-state index in [0.29, 0.717) is 6.54 Å². The number of rotatable bonds is 5. The van der Waals surface area contributed by atoms with Crippen LogP contribution in [0.15, 0.2) is 0 Å². The van der Waals surface area contributed by atoms with Gasteiger partial charge in [0.2, 0.25) is 5.91 Å². The Morgan fingerprint density at radius 1 is 1.59 bits per heavy atom. The van der Waals surface area contributed by atoms with Gasteiger partial charge in [0.25, 0.3) is 0 Å². The average molecular weight is 260 g/mol. The topological polar surface area (TPSA) is 69.6 Å². The molecule has 2 unspecified atom stereocenters. The molecule has 6 heteroatoms. The van der Waals surface area contributed by atoms with E-state index in [1.165, 1.54) is 0 Å². The zero-order valence-corrected chi connectivity index (χ0v) is 11.1. The fourth-order valence-corrected chi connectivity index (χ4v) is 3.12. The third-order valence-corrected chi connectivity index (χ3v) is 4.00. The molecule has 0 spiro atoms. The molecule has 0 radical (unpaired) electrons. The molecule has 1 aliphatic heterocycles. The maximum atomic E-state index is 11.8. The highest BCUT2D eigenvalue weighted by molar-refractivity contribution is 7.99. The first kappa shape index (κ1) is 14.3. The van der Waals surface area contributed by atoms with Crippen LogP contribution in [0.25, 0.3) is 0 Å². The Bertz CT molecular complexity index is 286. The van der Waals surface area contributed by atoms with Crippen LogP contribution in [0.5, 0.6) is 0 Å². The van der Waals surface area contributed by atoms with E-state index in [1.54, 1.807) is 11.8 Å². The van der Waals surface area contributed by atoms with Crippen molar-refractivity contribution in [2.24, 2.45) is 0 Å². The molecular weight excluding hydrogens is 240 g/mol. The van der Waals surface area contributed by atoms with Crippen LogP contribution in [0.2, 0.25) is 0 Å². The Balaban J connectivity index is 2.63. The maximum absolute atomic E-state index is 11.8. The first-order chi connectivity index (χ1) is 8.06. The molecule has 2 N–H and O–H groups in total. The predicted molar refractivity (Wildman–Crippen MR) is 68.2 cm³/mol. The minimum atomic E-state index is -0.800. The number of nitrogens with one attached hydrogen (secondary N) is 1. The van der Waals surface area contributed by atoms with Crippen molar-refractivity contribution in [3.63, 3.8) is 0 Å². The number of hydrogen-bond acceptors (Lipinski definition) is 4. The van der Waals surface area contributed by atoms with Gasteiger partial charge in [-0.15, -0.1) is 0 Å². The summed E-state index contributed by atoms with van der Waals surface area (Å²) in [5.41, 5.74) is 0. The van der Waals surface area contributed by atoms with Crippen molar-refractivity contribution in [1.82, 2.24) is 10.2 Å². The summed E-state index contributed by atoms with van der Waals surface area (Å²) < 4.78 is 0. The number of aliphatic carboxylic acids is 1. The molecule has 0 aromatic rings. The molecule has 1 fully saturated rings. The summed E-state index contributed by atoms with van der Waals surface area (Å²) in [7, 11) is 0. The first-order valence-corrected chi connectivity index (χ1v) is 7.04. The van der Waals surface area contributed by atoms with Crippen LogP contribution < -0.4 is 5.32 Å². The summed E-state index contributed by atoms with van der Waals surface area (Å²) in [5, 5.41) is 11.7. The van der Waals surface area contributed by atoms with Crippen molar-refractivity contribution in [3.8, 4) is 0 Å². The van der Waals surface area contributed by atoms with Crippen LogP contribution in [0.4, 0.5) is 0 Å². The average Bonchev–Trinajstić information content (AvgIpc) is 2.28. The summed E-state index contributed by atoms with van der Waals surface area (Å²) in [5.74, 6) is 0.927. The highest BCUT2D eigenvalue weighted by Crippen LogP contribution is 2.21. The van der Waals surface area contributed by atoms with Gasteiger partial charge in [-0.1, -0.05) is 0 Å². The van der Waals surface area contributed by atoms with E-state index in [2.05, 4.69) is 5.32 Å².